The van der Waals surface area contributed by atoms with Gasteiger partial charge in [-0.3, -0.25) is 4.79 Å². The average Bonchev–Trinajstić information content (AvgIpc) is 3.29. The Bertz CT molecular complexity index is 1310. The van der Waals surface area contributed by atoms with E-state index in [1.807, 2.05) is 45.0 Å². The van der Waals surface area contributed by atoms with E-state index in [0.29, 0.717) is 35.2 Å². The number of hydrogen-bond donors (Lipinski definition) is 1. The number of hydrogen-bond acceptors (Lipinski definition) is 7. The molecule has 0 aliphatic rings. The van der Waals surface area contributed by atoms with Gasteiger partial charge in [0, 0.05) is 30.7 Å². The molecule has 0 saturated heterocycles. The fourth-order valence-corrected chi connectivity index (χ4v) is 5.65. The Labute approximate surface area is 199 Å². The molecule has 3 aromatic heterocycles. The molecule has 7 nitrogen and oxygen atoms in total. The van der Waals surface area contributed by atoms with Crippen molar-refractivity contribution in [3.05, 3.63) is 55.9 Å². The van der Waals surface area contributed by atoms with E-state index in [1.54, 1.807) is 18.4 Å². The quantitative estimate of drug-likeness (QED) is 0.263. The van der Waals surface area contributed by atoms with E-state index in [-0.39, 0.29) is 10.8 Å². The molecule has 168 valence electrons. The number of aromatic amines is 1. The van der Waals surface area contributed by atoms with Gasteiger partial charge in [0.2, 0.25) is 0 Å². The summed E-state index contributed by atoms with van der Waals surface area (Å²) in [4.78, 5) is 22.3. The van der Waals surface area contributed by atoms with E-state index in [2.05, 4.69) is 19.7 Å². The Morgan fingerprint density at radius 1 is 1.28 bits per heavy atom. The fourth-order valence-electron chi connectivity index (χ4n) is 3.46. The largest absolute Gasteiger partial charge is 0.385 e. The van der Waals surface area contributed by atoms with Gasteiger partial charge in [-0.25, -0.2) is 4.98 Å². The monoisotopic (exact) mass is 489 g/mol. The second kappa shape index (κ2) is 9.74. The minimum atomic E-state index is -0.126. The minimum Gasteiger partial charge on any atom is -0.385 e. The van der Waals surface area contributed by atoms with E-state index in [9.17, 15) is 4.79 Å². The van der Waals surface area contributed by atoms with Crippen LogP contribution in [0.25, 0.3) is 21.6 Å². The summed E-state index contributed by atoms with van der Waals surface area (Å²) in [6.45, 7) is 7.29. The normalized spacial score (nSPS) is 12.5. The van der Waals surface area contributed by atoms with Crippen LogP contribution in [-0.4, -0.2) is 38.4 Å². The number of aromatic nitrogens is 5. The van der Waals surface area contributed by atoms with Gasteiger partial charge in [-0.05, 0) is 44.9 Å². The van der Waals surface area contributed by atoms with Crippen LogP contribution in [0.3, 0.4) is 0 Å². The van der Waals surface area contributed by atoms with Crippen molar-refractivity contribution in [2.75, 3.05) is 13.7 Å². The number of thioether (sulfide) groups is 1. The van der Waals surface area contributed by atoms with Crippen molar-refractivity contribution in [2.45, 2.75) is 44.1 Å². The second-order valence-corrected chi connectivity index (χ2v) is 10.4. The number of nitrogens with one attached hydrogen (secondary N) is 1. The van der Waals surface area contributed by atoms with Gasteiger partial charge in [0.25, 0.3) is 5.56 Å². The lowest BCUT2D eigenvalue weighted by molar-refractivity contribution is 0.189. The molecule has 0 bridgehead atoms. The highest BCUT2D eigenvalue weighted by atomic mass is 35.5. The van der Waals surface area contributed by atoms with Crippen LogP contribution >= 0.6 is 34.7 Å². The predicted molar refractivity (Wildman–Crippen MR) is 131 cm³/mol. The highest BCUT2D eigenvalue weighted by molar-refractivity contribution is 7.99. The molecule has 0 saturated carbocycles. The molecule has 0 fully saturated rings. The van der Waals surface area contributed by atoms with Crippen LogP contribution in [0, 0.1) is 13.8 Å². The number of ether oxygens (including phenoxy) is 1. The average molecular weight is 490 g/mol. The molecule has 0 radical (unpaired) electrons. The topological polar surface area (TPSA) is 85.7 Å². The molecule has 0 aliphatic carbocycles. The third-order valence-corrected chi connectivity index (χ3v) is 7.81. The molecule has 1 unspecified atom stereocenters. The summed E-state index contributed by atoms with van der Waals surface area (Å²) in [5.74, 6) is 1.34. The summed E-state index contributed by atoms with van der Waals surface area (Å²) in [6.07, 6.45) is 0.808. The highest BCUT2D eigenvalue weighted by Gasteiger charge is 2.21. The number of fused-ring (bicyclic) bond motifs is 1. The van der Waals surface area contributed by atoms with Gasteiger partial charge in [-0.2, -0.15) is 0 Å². The molecule has 32 heavy (non-hydrogen) atoms. The van der Waals surface area contributed by atoms with Gasteiger partial charge in [-0.15, -0.1) is 21.5 Å². The van der Waals surface area contributed by atoms with Crippen LogP contribution in [0.4, 0.5) is 0 Å². The van der Waals surface area contributed by atoms with Crippen molar-refractivity contribution in [3.63, 3.8) is 0 Å². The van der Waals surface area contributed by atoms with Gasteiger partial charge < -0.3 is 14.3 Å². The third-order valence-electron chi connectivity index (χ3n) is 5.29. The SMILES string of the molecule is COCCCn1c(SC(C)c2nc3sc(C)c(C)c3c(=O)[nH]2)nnc1-c1ccccc1Cl. The molecule has 4 aromatic rings. The predicted octanol–water partition coefficient (Wildman–Crippen LogP) is 5.40. The van der Waals surface area contributed by atoms with Crippen LogP contribution in [0.1, 0.15) is 34.9 Å². The van der Waals surface area contributed by atoms with Gasteiger partial charge in [0.05, 0.1) is 15.7 Å². The van der Waals surface area contributed by atoms with Crippen molar-refractivity contribution in [1.82, 2.24) is 24.7 Å². The van der Waals surface area contributed by atoms with Crippen molar-refractivity contribution < 1.29 is 4.74 Å². The van der Waals surface area contributed by atoms with Gasteiger partial charge >= 0.3 is 0 Å². The third kappa shape index (κ3) is 4.47. The number of rotatable bonds is 8. The van der Waals surface area contributed by atoms with E-state index in [0.717, 1.165) is 32.4 Å². The zero-order valence-electron chi connectivity index (χ0n) is 18.3. The smallest absolute Gasteiger partial charge is 0.259 e. The number of benzene rings is 1. The van der Waals surface area contributed by atoms with Crippen LogP contribution in [0.15, 0.2) is 34.2 Å². The lowest BCUT2D eigenvalue weighted by Crippen LogP contribution is -2.13. The summed E-state index contributed by atoms with van der Waals surface area (Å²) in [7, 11) is 1.69. The van der Waals surface area contributed by atoms with Gasteiger partial charge in [0.15, 0.2) is 11.0 Å². The summed E-state index contributed by atoms with van der Waals surface area (Å²) < 4.78 is 7.28. The summed E-state index contributed by atoms with van der Waals surface area (Å²) in [5.41, 5.74) is 1.72. The number of thiophene rings is 1. The first-order chi connectivity index (χ1) is 15.4. The maximum Gasteiger partial charge on any atom is 0.259 e. The lowest BCUT2D eigenvalue weighted by atomic mass is 10.2. The Morgan fingerprint density at radius 2 is 2.06 bits per heavy atom. The number of aryl methyl sites for hydroxylation is 2. The maximum absolute atomic E-state index is 12.7. The van der Waals surface area contributed by atoms with E-state index >= 15 is 0 Å². The van der Waals surface area contributed by atoms with E-state index < -0.39 is 0 Å². The molecule has 1 aromatic carbocycles. The number of nitrogens with zero attached hydrogens (tertiary/aromatic N) is 4. The van der Waals surface area contributed by atoms with Crippen molar-refractivity contribution >= 4 is 44.9 Å². The standard InChI is InChI=1S/C22H24ClN5O2S2/c1-12-13(2)31-21-17(12)20(29)24-18(25-21)14(3)32-22-27-26-19(28(22)10-7-11-30-4)15-8-5-6-9-16(15)23/h5-6,8-9,14H,7,10-11H2,1-4H3,(H,24,25,29). The molecular weight excluding hydrogens is 466 g/mol. The van der Waals surface area contributed by atoms with Gasteiger partial charge in [0.1, 0.15) is 10.7 Å². The Morgan fingerprint density at radius 3 is 2.81 bits per heavy atom. The zero-order valence-corrected chi connectivity index (χ0v) is 20.7. The first-order valence-electron chi connectivity index (χ1n) is 10.2. The second-order valence-electron chi connectivity index (χ2n) is 7.46. The number of methoxy groups -OCH3 is 1. The summed E-state index contributed by atoms with van der Waals surface area (Å²) >= 11 is 9.49. The number of H-pyrrole nitrogens is 1. The highest BCUT2D eigenvalue weighted by Crippen LogP contribution is 2.36. The first-order valence-corrected chi connectivity index (χ1v) is 12.3. The number of halogens is 1. The molecular formula is C22H24ClN5O2S2. The van der Waals surface area contributed by atoms with Crippen molar-refractivity contribution in [2.24, 2.45) is 0 Å². The van der Waals surface area contributed by atoms with Crippen LogP contribution in [0.5, 0.6) is 0 Å². The van der Waals surface area contributed by atoms with Crippen LogP contribution < -0.4 is 5.56 Å². The molecule has 10 heteroatoms. The Hall–Kier alpha value is -2.20. The van der Waals surface area contributed by atoms with Crippen LogP contribution in [0.2, 0.25) is 5.02 Å². The van der Waals surface area contributed by atoms with Crippen LogP contribution in [-0.2, 0) is 11.3 Å². The van der Waals surface area contributed by atoms with Crippen molar-refractivity contribution in [1.29, 1.82) is 0 Å². The molecule has 0 amide bonds. The molecule has 1 N–H and O–H groups in total. The van der Waals surface area contributed by atoms with Gasteiger partial charge in [-0.1, -0.05) is 35.5 Å². The molecule has 0 aliphatic heterocycles. The van der Waals surface area contributed by atoms with E-state index in [4.69, 9.17) is 21.3 Å². The van der Waals surface area contributed by atoms with E-state index in [1.165, 1.54) is 11.8 Å². The first kappa shape index (κ1) is 23.0. The lowest BCUT2D eigenvalue weighted by Gasteiger charge is -2.13. The molecule has 3 heterocycles. The summed E-state index contributed by atoms with van der Waals surface area (Å²) in [6, 6.07) is 7.60. The molecule has 4 rings (SSSR count). The Balaban J connectivity index is 1.68. The van der Waals surface area contributed by atoms with Crippen molar-refractivity contribution in [3.8, 4) is 11.4 Å². The maximum atomic E-state index is 12.7. The summed E-state index contributed by atoms with van der Waals surface area (Å²) in [5, 5.41) is 10.8. The molecule has 1 atom stereocenters. The fraction of sp³-hybridized carbons (Fsp3) is 0.364. The Kier molecular flexibility index (Phi) is 6.99. The minimum absolute atomic E-state index is 0.0994. The zero-order chi connectivity index (χ0) is 22.8. The molecule has 0 spiro atoms.